The van der Waals surface area contributed by atoms with Crippen LogP contribution in [0.2, 0.25) is 0 Å². The predicted molar refractivity (Wildman–Crippen MR) is 124 cm³/mol. The molecular formula is C20H24IN5O2S. The van der Waals surface area contributed by atoms with Crippen LogP contribution < -0.4 is 20.5 Å². The van der Waals surface area contributed by atoms with Crippen molar-refractivity contribution in [3.8, 4) is 11.5 Å². The van der Waals surface area contributed by atoms with Gasteiger partial charge in [0.25, 0.3) is 0 Å². The van der Waals surface area contributed by atoms with Crippen LogP contribution in [0.1, 0.15) is 20.8 Å². The second-order valence-electron chi connectivity index (χ2n) is 8.09. The first-order valence-corrected chi connectivity index (χ1v) is 11.3. The average molecular weight is 529 g/mol. The second kappa shape index (κ2) is 8.19. The van der Waals surface area contributed by atoms with Crippen molar-refractivity contribution in [1.82, 2.24) is 19.9 Å². The molecule has 1 aliphatic heterocycles. The van der Waals surface area contributed by atoms with E-state index in [0.717, 1.165) is 55.8 Å². The van der Waals surface area contributed by atoms with Gasteiger partial charge in [0.2, 0.25) is 6.79 Å². The van der Waals surface area contributed by atoms with Crippen molar-refractivity contribution < 1.29 is 9.47 Å². The van der Waals surface area contributed by atoms with Gasteiger partial charge in [-0.1, -0.05) is 32.5 Å². The first-order chi connectivity index (χ1) is 13.8. The van der Waals surface area contributed by atoms with Gasteiger partial charge in [0, 0.05) is 34.3 Å². The molecular weight excluding hydrogens is 505 g/mol. The summed E-state index contributed by atoms with van der Waals surface area (Å²) in [5, 5.41) is 4.42. The fourth-order valence-corrected chi connectivity index (χ4v) is 4.80. The number of anilines is 1. The molecule has 0 saturated heterocycles. The minimum absolute atomic E-state index is 0.242. The quantitative estimate of drug-likeness (QED) is 0.367. The summed E-state index contributed by atoms with van der Waals surface area (Å²) in [6.45, 7) is 9.52. The van der Waals surface area contributed by atoms with E-state index in [1.165, 1.54) is 0 Å². The smallest absolute Gasteiger partial charge is 0.231 e. The highest BCUT2D eigenvalue weighted by atomic mass is 131. The zero-order valence-electron chi connectivity index (χ0n) is 16.7. The monoisotopic (exact) mass is 529 g/mol. The number of nitrogens with zero attached hydrogens (tertiary/aromatic N) is 3. The molecule has 0 saturated carbocycles. The number of hydrogen-bond donors (Lipinski definition) is 2. The Bertz CT molecular complexity index is 1050. The molecule has 0 unspecified atom stereocenters. The first kappa shape index (κ1) is 20.5. The summed E-state index contributed by atoms with van der Waals surface area (Å²) in [7, 11) is 0. The molecule has 1 aliphatic rings. The highest BCUT2D eigenvalue weighted by molar-refractivity contribution is 14.1. The third kappa shape index (κ3) is 4.56. The maximum absolute atomic E-state index is 6.10. The lowest BCUT2D eigenvalue weighted by molar-refractivity contribution is 0.174. The van der Waals surface area contributed by atoms with Crippen molar-refractivity contribution in [2.75, 3.05) is 25.6 Å². The summed E-state index contributed by atoms with van der Waals surface area (Å²) in [5.74, 6) is 2.00. The number of aromatic nitrogens is 3. The van der Waals surface area contributed by atoms with Gasteiger partial charge in [0.05, 0.1) is 5.52 Å². The Labute approximate surface area is 187 Å². The number of nitrogens with one attached hydrogen (secondary N) is 1. The van der Waals surface area contributed by atoms with Crippen LogP contribution in [-0.4, -0.2) is 34.4 Å². The fourth-order valence-electron chi connectivity index (χ4n) is 3.07. The van der Waals surface area contributed by atoms with E-state index < -0.39 is 0 Å². The lowest BCUT2D eigenvalue weighted by atomic mass is 9.97. The van der Waals surface area contributed by atoms with E-state index in [1.54, 1.807) is 18.0 Å². The van der Waals surface area contributed by atoms with E-state index in [4.69, 9.17) is 20.2 Å². The van der Waals surface area contributed by atoms with Crippen molar-refractivity contribution >= 4 is 51.2 Å². The number of pyridine rings is 1. The Kier molecular flexibility index (Phi) is 5.80. The molecule has 9 heteroatoms. The molecule has 3 N–H and O–H groups in total. The normalized spacial score (nSPS) is 13.4. The molecule has 3 heterocycles. The van der Waals surface area contributed by atoms with Crippen LogP contribution >= 0.6 is 34.4 Å². The average Bonchev–Trinajstić information content (AvgIpc) is 3.23. The molecule has 3 aromatic rings. The van der Waals surface area contributed by atoms with Crippen molar-refractivity contribution in [3.05, 3.63) is 28.0 Å². The first-order valence-electron chi connectivity index (χ1n) is 9.40. The van der Waals surface area contributed by atoms with Crippen LogP contribution in [0.25, 0.3) is 11.0 Å². The van der Waals surface area contributed by atoms with Gasteiger partial charge in [-0.2, -0.15) is 0 Å². The Morgan fingerprint density at radius 3 is 2.79 bits per heavy atom. The zero-order valence-corrected chi connectivity index (χ0v) is 19.6. The van der Waals surface area contributed by atoms with E-state index in [2.05, 4.69) is 58.2 Å². The molecule has 0 fully saturated rings. The molecule has 0 radical (unpaired) electrons. The Morgan fingerprint density at radius 2 is 2.03 bits per heavy atom. The fraction of sp³-hybridized carbons (Fsp3) is 0.400. The molecule has 7 nitrogen and oxygen atoms in total. The highest BCUT2D eigenvalue weighted by Gasteiger charge is 2.20. The van der Waals surface area contributed by atoms with Crippen LogP contribution in [-0.2, 0) is 6.54 Å². The third-order valence-corrected chi connectivity index (χ3v) is 6.77. The molecule has 0 atom stereocenters. The van der Waals surface area contributed by atoms with Gasteiger partial charge in [-0.3, -0.25) is 0 Å². The number of ether oxygens (including phenoxy) is 2. The summed E-state index contributed by atoms with van der Waals surface area (Å²) in [6, 6.07) is 5.98. The number of halogens is 1. The van der Waals surface area contributed by atoms with Crippen LogP contribution in [0, 0.1) is 8.99 Å². The van der Waals surface area contributed by atoms with Crippen LogP contribution in [0.15, 0.2) is 34.4 Å². The summed E-state index contributed by atoms with van der Waals surface area (Å²) >= 11 is 3.92. The number of rotatable bonds is 6. The lowest BCUT2D eigenvalue weighted by Gasteiger charge is -2.19. The standard InChI is InChI=1S/C20H24IN5O2S/c1-20(2,3)10-23-6-7-26-13-4-5-24-18(22)17(13)25-19(26)29-16-9-15-14(8-12(16)21)27-11-28-15/h4-5,8-9,23H,6-7,10-11H2,1-3H3,(H2,22,24)/i21+4. The number of imidazole rings is 1. The largest absolute Gasteiger partial charge is 0.454 e. The minimum atomic E-state index is 0.242. The molecule has 1 aromatic carbocycles. The van der Waals surface area contributed by atoms with Crippen molar-refractivity contribution in [2.45, 2.75) is 37.4 Å². The Morgan fingerprint density at radius 1 is 1.28 bits per heavy atom. The van der Waals surface area contributed by atoms with Gasteiger partial charge in [-0.25, -0.2) is 9.97 Å². The predicted octanol–water partition coefficient (Wildman–Crippen LogP) is 4.13. The molecule has 0 aliphatic carbocycles. The minimum Gasteiger partial charge on any atom is -0.454 e. The molecule has 2 aromatic heterocycles. The summed E-state index contributed by atoms with van der Waals surface area (Å²) in [6.07, 6.45) is 1.73. The molecule has 4 rings (SSSR count). The Balaban J connectivity index is 1.64. The Hall–Kier alpha value is -1.72. The van der Waals surface area contributed by atoms with Crippen LogP contribution in [0.5, 0.6) is 11.5 Å². The summed E-state index contributed by atoms with van der Waals surface area (Å²) in [5.41, 5.74) is 8.07. The van der Waals surface area contributed by atoms with E-state index in [-0.39, 0.29) is 12.2 Å². The van der Waals surface area contributed by atoms with Crippen molar-refractivity contribution in [3.63, 3.8) is 0 Å². The maximum atomic E-state index is 6.10. The van der Waals surface area contributed by atoms with Gasteiger partial charge in [0.15, 0.2) is 22.5 Å². The van der Waals surface area contributed by atoms with Gasteiger partial charge in [-0.15, -0.1) is 0 Å². The van der Waals surface area contributed by atoms with Gasteiger partial charge >= 0.3 is 0 Å². The second-order valence-corrected chi connectivity index (χ2v) is 10.3. The number of benzene rings is 1. The zero-order chi connectivity index (χ0) is 20.6. The van der Waals surface area contributed by atoms with Gasteiger partial charge in [0.1, 0.15) is 5.52 Å². The molecule has 29 heavy (non-hydrogen) atoms. The van der Waals surface area contributed by atoms with Gasteiger partial charge < -0.3 is 25.1 Å². The maximum Gasteiger partial charge on any atom is 0.231 e. The van der Waals surface area contributed by atoms with E-state index >= 15 is 0 Å². The number of nitrogens with two attached hydrogens (primary N) is 1. The van der Waals surface area contributed by atoms with E-state index in [0.29, 0.717) is 5.82 Å². The van der Waals surface area contributed by atoms with Gasteiger partial charge in [-0.05, 0) is 46.2 Å². The van der Waals surface area contributed by atoms with Crippen LogP contribution in [0.4, 0.5) is 5.82 Å². The van der Waals surface area contributed by atoms with Crippen LogP contribution in [0.3, 0.4) is 0 Å². The summed E-state index contributed by atoms with van der Waals surface area (Å²) in [4.78, 5) is 10.1. The SMILES string of the molecule is CC(C)(C)CNCCn1c(Sc2cc3c(cc2[131I])OCO3)nc2c(N)nccc21. The van der Waals surface area contributed by atoms with E-state index in [9.17, 15) is 0 Å². The lowest BCUT2D eigenvalue weighted by Crippen LogP contribution is -2.29. The summed E-state index contributed by atoms with van der Waals surface area (Å²) < 4.78 is 14.3. The number of hydrogen-bond acceptors (Lipinski definition) is 7. The topological polar surface area (TPSA) is 87.2 Å². The molecule has 0 bridgehead atoms. The third-order valence-electron chi connectivity index (χ3n) is 4.46. The number of nitrogen functional groups attached to an aromatic ring is 1. The van der Waals surface area contributed by atoms with Crippen molar-refractivity contribution in [1.29, 1.82) is 0 Å². The molecule has 154 valence electrons. The molecule has 0 amide bonds. The number of fused-ring (bicyclic) bond motifs is 2. The van der Waals surface area contributed by atoms with Crippen molar-refractivity contribution in [2.24, 2.45) is 5.41 Å². The highest BCUT2D eigenvalue weighted by Crippen LogP contribution is 2.41. The molecule has 0 spiro atoms. The van der Waals surface area contributed by atoms with E-state index in [1.807, 2.05) is 18.2 Å².